The highest BCUT2D eigenvalue weighted by atomic mass is 16.3. The van der Waals surface area contributed by atoms with Gasteiger partial charge in [0.05, 0.1) is 10.8 Å². The quantitative estimate of drug-likeness (QED) is 0.129. The standard InChI is InChI=1S/C61H39NO.C55H35NO/c1-3-15-40(16-4-1)41-27-32-46(33-28-41)62(45-17-5-2-6-18-45)47-34-29-42(30-35-47)53-37-44(38-54-52-22-10-14-26-59(52)63-60(53)54)43-31-36-51-50-21-9-13-25-57(50)61(58(51)39-43)55-23-11-7-19-48(55)49-20-8-12-24-56(49)61;1-3-15-39(16-4-1)56(40-17-5-2-6-18-40)41-30-27-36(28-31-41)47-33-38(34-48-46-22-10-14-26-53(46)57-54(47)48)37-29-32-45-44-21-9-13-25-51(44)55(52(45)35-37)49-23-11-7-19-42(49)43-20-8-12-24-50(43)55/h1-39H;1-35H. The van der Waals surface area contributed by atoms with Gasteiger partial charge in [-0.2, -0.15) is 0 Å². The fourth-order valence-corrected chi connectivity index (χ4v) is 20.6. The van der Waals surface area contributed by atoms with Crippen molar-refractivity contribution in [2.75, 3.05) is 9.80 Å². The Kier molecular flexibility index (Phi) is 15.8. The summed E-state index contributed by atoms with van der Waals surface area (Å²) in [6, 6.07) is 164. The van der Waals surface area contributed by atoms with E-state index in [2.05, 4.69) is 459 Å². The predicted molar refractivity (Wildman–Crippen MR) is 497 cm³/mol. The predicted octanol–water partition coefficient (Wildman–Crippen LogP) is 31.1. The molecule has 0 N–H and O–H groups in total. The van der Waals surface area contributed by atoms with Crippen molar-refractivity contribution in [1.29, 1.82) is 0 Å². The van der Waals surface area contributed by atoms with E-state index in [1.54, 1.807) is 0 Å². The number of fused-ring (bicyclic) bond motifs is 26. The van der Waals surface area contributed by atoms with Gasteiger partial charge in [-0.05, 0) is 255 Å². The van der Waals surface area contributed by atoms with Crippen molar-refractivity contribution in [1.82, 2.24) is 0 Å². The summed E-state index contributed by atoms with van der Waals surface area (Å²) >= 11 is 0. The zero-order chi connectivity index (χ0) is 79.0. The van der Waals surface area contributed by atoms with Gasteiger partial charge in [0.2, 0.25) is 0 Å². The molecule has 0 atom stereocenters. The van der Waals surface area contributed by atoms with Crippen molar-refractivity contribution < 1.29 is 8.83 Å². The molecule has 120 heavy (non-hydrogen) atoms. The van der Waals surface area contributed by atoms with Crippen LogP contribution in [-0.2, 0) is 10.8 Å². The minimum Gasteiger partial charge on any atom is -0.455 e. The molecule has 4 aliphatic rings. The number of para-hydroxylation sites is 5. The topological polar surface area (TPSA) is 32.8 Å². The van der Waals surface area contributed by atoms with E-state index in [1.807, 2.05) is 0 Å². The molecule has 2 aromatic heterocycles. The molecule has 560 valence electrons. The van der Waals surface area contributed by atoms with Crippen molar-refractivity contribution in [3.63, 3.8) is 0 Å². The Morgan fingerprint density at radius 3 is 0.733 bits per heavy atom. The van der Waals surface area contributed by atoms with Crippen molar-refractivity contribution in [2.24, 2.45) is 0 Å². The third-order valence-corrected chi connectivity index (χ3v) is 25.8. The summed E-state index contributed by atoms with van der Waals surface area (Å²) in [6.45, 7) is 0. The molecule has 19 aromatic carbocycles. The van der Waals surface area contributed by atoms with Gasteiger partial charge in [-0.15, -0.1) is 0 Å². The molecule has 0 unspecified atom stereocenters. The van der Waals surface area contributed by atoms with Crippen LogP contribution in [0.2, 0.25) is 0 Å². The molecule has 0 saturated heterocycles. The van der Waals surface area contributed by atoms with Crippen molar-refractivity contribution >= 4 is 78.0 Å². The number of nitrogens with zero attached hydrogens (tertiary/aromatic N) is 2. The van der Waals surface area contributed by atoms with E-state index in [4.69, 9.17) is 8.83 Å². The molecule has 0 aliphatic heterocycles. The Balaban J connectivity index is 0.000000137. The minimum absolute atomic E-state index is 0.399. The summed E-state index contributed by atoms with van der Waals surface area (Å²) in [6.07, 6.45) is 0. The average molecular weight is 1530 g/mol. The number of rotatable bonds is 11. The first kappa shape index (κ1) is 68.8. The number of hydrogen-bond acceptors (Lipinski definition) is 4. The third-order valence-electron chi connectivity index (χ3n) is 25.8. The molecule has 4 aliphatic carbocycles. The molecule has 0 amide bonds. The van der Waals surface area contributed by atoms with Gasteiger partial charge in [-0.1, -0.05) is 328 Å². The Morgan fingerprint density at radius 1 is 0.150 bits per heavy atom. The lowest BCUT2D eigenvalue weighted by molar-refractivity contribution is 0.669. The zero-order valence-corrected chi connectivity index (χ0v) is 65.4. The first-order valence-corrected chi connectivity index (χ1v) is 41.4. The summed E-state index contributed by atoms with van der Waals surface area (Å²) in [5, 5.41) is 4.47. The van der Waals surface area contributed by atoms with Gasteiger partial charge in [-0.25, -0.2) is 0 Å². The number of hydrogen-bond donors (Lipinski definition) is 0. The second kappa shape index (κ2) is 27.5. The maximum absolute atomic E-state index is 6.75. The molecule has 2 spiro atoms. The summed E-state index contributed by atoms with van der Waals surface area (Å²) in [5.74, 6) is 0. The Morgan fingerprint density at radius 2 is 0.400 bits per heavy atom. The van der Waals surface area contributed by atoms with Crippen molar-refractivity contribution in [3.8, 4) is 100 Å². The van der Waals surface area contributed by atoms with Gasteiger partial charge in [0.15, 0.2) is 0 Å². The molecule has 4 nitrogen and oxygen atoms in total. The fraction of sp³-hybridized carbons (Fsp3) is 0.0172. The molecule has 21 aromatic rings. The van der Waals surface area contributed by atoms with Crippen LogP contribution in [0.1, 0.15) is 44.5 Å². The van der Waals surface area contributed by atoms with Crippen LogP contribution in [0.4, 0.5) is 34.1 Å². The SMILES string of the molecule is c1ccc(-c2ccc(N(c3ccccc3)c3ccc(-c4cc(-c5ccc6c(c5)C5(c7ccccc7-c7ccccc75)c5ccccc5-6)cc5c4oc4ccccc45)cc3)cc2)cc1.c1ccc(N(c2ccccc2)c2ccc(-c3cc(-c4ccc5c(c4)C4(c6ccccc6-c6ccccc64)c4ccccc4-5)cc4c3oc3ccccc34)cc2)cc1. The number of anilines is 6. The van der Waals surface area contributed by atoms with Gasteiger partial charge < -0.3 is 18.6 Å². The van der Waals surface area contributed by atoms with E-state index in [0.29, 0.717) is 0 Å². The smallest absolute Gasteiger partial charge is 0.143 e. The van der Waals surface area contributed by atoms with Crippen molar-refractivity contribution in [2.45, 2.75) is 10.8 Å². The van der Waals surface area contributed by atoms with Gasteiger partial charge in [0, 0.05) is 66.8 Å². The monoisotopic (exact) mass is 1530 g/mol. The van der Waals surface area contributed by atoms with Crippen LogP contribution in [0.25, 0.3) is 144 Å². The normalized spacial score (nSPS) is 13.0. The van der Waals surface area contributed by atoms with Crippen LogP contribution >= 0.6 is 0 Å². The maximum atomic E-state index is 6.75. The second-order valence-corrected chi connectivity index (χ2v) is 32.0. The van der Waals surface area contributed by atoms with E-state index in [0.717, 1.165) is 111 Å². The Labute approximate surface area is 696 Å². The third kappa shape index (κ3) is 10.5. The lowest BCUT2D eigenvalue weighted by Crippen LogP contribution is -2.25. The van der Waals surface area contributed by atoms with Crippen LogP contribution in [0.15, 0.2) is 458 Å². The van der Waals surface area contributed by atoms with Crippen molar-refractivity contribution in [3.05, 3.63) is 493 Å². The Bertz CT molecular complexity index is 7470. The average Bonchev–Trinajstić information content (AvgIpc) is 1.51. The first-order chi connectivity index (χ1) is 59.5. The summed E-state index contributed by atoms with van der Waals surface area (Å²) in [4.78, 5) is 4.62. The fourth-order valence-electron chi connectivity index (χ4n) is 20.6. The number of benzene rings is 19. The van der Waals surface area contributed by atoms with Gasteiger partial charge in [0.25, 0.3) is 0 Å². The highest BCUT2D eigenvalue weighted by molar-refractivity contribution is 6.13. The minimum atomic E-state index is -0.410. The van der Waals surface area contributed by atoms with E-state index in [1.165, 1.54) is 111 Å². The largest absolute Gasteiger partial charge is 0.455 e. The molecule has 2 heterocycles. The molecule has 25 rings (SSSR count). The highest BCUT2D eigenvalue weighted by Gasteiger charge is 2.53. The number of furan rings is 2. The molecule has 0 radical (unpaired) electrons. The molecule has 0 saturated carbocycles. The molecular formula is C116H74N2O2. The van der Waals surface area contributed by atoms with Crippen LogP contribution < -0.4 is 9.80 Å². The van der Waals surface area contributed by atoms with Gasteiger partial charge >= 0.3 is 0 Å². The van der Waals surface area contributed by atoms with E-state index in [-0.39, 0.29) is 0 Å². The van der Waals surface area contributed by atoms with E-state index >= 15 is 0 Å². The van der Waals surface area contributed by atoms with Crippen LogP contribution in [0.3, 0.4) is 0 Å². The maximum Gasteiger partial charge on any atom is 0.143 e. The van der Waals surface area contributed by atoms with Gasteiger partial charge in [-0.3, -0.25) is 0 Å². The van der Waals surface area contributed by atoms with Crippen LogP contribution in [0.5, 0.6) is 0 Å². The molecule has 0 bridgehead atoms. The highest BCUT2D eigenvalue weighted by Crippen LogP contribution is 2.65. The van der Waals surface area contributed by atoms with E-state index < -0.39 is 10.8 Å². The van der Waals surface area contributed by atoms with E-state index in [9.17, 15) is 0 Å². The lowest BCUT2D eigenvalue weighted by Gasteiger charge is -2.30. The summed E-state index contributed by atoms with van der Waals surface area (Å²) in [7, 11) is 0. The second-order valence-electron chi connectivity index (χ2n) is 32.0. The molecule has 4 heteroatoms. The van der Waals surface area contributed by atoms with Crippen LogP contribution in [0, 0.1) is 0 Å². The summed E-state index contributed by atoms with van der Waals surface area (Å²) in [5.41, 5.74) is 42.0. The summed E-state index contributed by atoms with van der Waals surface area (Å²) < 4.78 is 13.5. The lowest BCUT2D eigenvalue weighted by atomic mass is 9.70. The molecule has 0 fully saturated rings. The zero-order valence-electron chi connectivity index (χ0n) is 65.4. The van der Waals surface area contributed by atoms with Gasteiger partial charge in [0.1, 0.15) is 22.3 Å². The first-order valence-electron chi connectivity index (χ1n) is 41.4. The van der Waals surface area contributed by atoms with Crippen LogP contribution in [-0.4, -0.2) is 0 Å². The molecular weight excluding hydrogens is 1450 g/mol. The Hall–Kier alpha value is -15.6.